The third-order valence-electron chi connectivity index (χ3n) is 3.66. The van der Waals surface area contributed by atoms with Crippen molar-refractivity contribution in [3.05, 3.63) is 71.4 Å². The Hall–Kier alpha value is -2.92. The van der Waals surface area contributed by atoms with Gasteiger partial charge in [-0.05, 0) is 23.8 Å². The van der Waals surface area contributed by atoms with Crippen LogP contribution in [-0.2, 0) is 16.1 Å². The summed E-state index contributed by atoms with van der Waals surface area (Å²) in [6.45, 7) is 0.279. The number of carbonyl (C=O) groups excluding carboxylic acids is 2. The maximum atomic E-state index is 12.1. The fourth-order valence-corrected chi connectivity index (χ4v) is 2.65. The molecule has 3 rings (SSSR count). The number of nitrogens with zero attached hydrogens (tertiary/aromatic N) is 1. The van der Waals surface area contributed by atoms with Gasteiger partial charge in [-0.1, -0.05) is 48.0 Å². The van der Waals surface area contributed by atoms with Gasteiger partial charge in [-0.3, -0.25) is 14.6 Å². The Kier molecular flexibility index (Phi) is 5.26. The van der Waals surface area contributed by atoms with Crippen LogP contribution < -0.4 is 10.6 Å². The average Bonchev–Trinajstić information content (AvgIpc) is 2.61. The summed E-state index contributed by atoms with van der Waals surface area (Å²) in [6, 6.07) is 16.5. The molecule has 0 unspecified atom stereocenters. The smallest absolute Gasteiger partial charge is 0.233 e. The summed E-state index contributed by atoms with van der Waals surface area (Å²) in [7, 11) is 0. The molecule has 0 radical (unpaired) electrons. The molecule has 2 N–H and O–H groups in total. The third kappa shape index (κ3) is 4.33. The number of rotatable bonds is 5. The Balaban J connectivity index is 1.58. The molecule has 0 bridgehead atoms. The minimum atomic E-state index is -0.394. The predicted molar refractivity (Wildman–Crippen MR) is 98.3 cm³/mol. The maximum Gasteiger partial charge on any atom is 0.233 e. The minimum absolute atomic E-state index is 0.270. The topological polar surface area (TPSA) is 71.1 Å². The number of hydrogen-bond donors (Lipinski definition) is 2. The lowest BCUT2D eigenvalue weighted by Crippen LogP contribution is -2.27. The van der Waals surface area contributed by atoms with Gasteiger partial charge in [-0.2, -0.15) is 0 Å². The van der Waals surface area contributed by atoms with Crippen LogP contribution in [0.5, 0.6) is 0 Å². The second kappa shape index (κ2) is 7.77. The molecular formula is C19H16ClN3O2. The molecule has 25 heavy (non-hydrogen) atoms. The van der Waals surface area contributed by atoms with E-state index in [0.29, 0.717) is 16.2 Å². The van der Waals surface area contributed by atoms with E-state index in [1.165, 1.54) is 0 Å². The van der Waals surface area contributed by atoms with Crippen molar-refractivity contribution in [3.8, 4) is 0 Å². The molecule has 0 aliphatic heterocycles. The fourth-order valence-electron chi connectivity index (χ4n) is 2.44. The second-order valence-electron chi connectivity index (χ2n) is 5.47. The van der Waals surface area contributed by atoms with E-state index in [1.807, 2.05) is 42.5 Å². The normalized spacial score (nSPS) is 10.4. The largest absolute Gasteiger partial charge is 0.352 e. The SMILES string of the molecule is O=C(CC(=O)Nc1cccc2cccnc12)NCc1ccccc1Cl. The van der Waals surface area contributed by atoms with Crippen LogP contribution in [0.4, 0.5) is 5.69 Å². The number of para-hydroxylation sites is 1. The van der Waals surface area contributed by atoms with E-state index < -0.39 is 5.91 Å². The van der Waals surface area contributed by atoms with Crippen molar-refractivity contribution >= 4 is 40.0 Å². The quantitative estimate of drug-likeness (QED) is 0.689. The molecule has 0 aliphatic carbocycles. The first kappa shape index (κ1) is 16.9. The predicted octanol–water partition coefficient (Wildman–Crippen LogP) is 3.53. The number of fused-ring (bicyclic) bond motifs is 1. The highest BCUT2D eigenvalue weighted by atomic mass is 35.5. The van der Waals surface area contributed by atoms with E-state index in [0.717, 1.165) is 10.9 Å². The number of halogens is 1. The van der Waals surface area contributed by atoms with Crippen molar-refractivity contribution in [3.63, 3.8) is 0 Å². The molecule has 0 atom stereocenters. The monoisotopic (exact) mass is 353 g/mol. The molecule has 6 heteroatoms. The molecule has 0 fully saturated rings. The van der Waals surface area contributed by atoms with Crippen LogP contribution in [0.1, 0.15) is 12.0 Å². The molecule has 3 aromatic rings. The number of anilines is 1. The first-order valence-electron chi connectivity index (χ1n) is 7.77. The molecule has 2 aromatic carbocycles. The van der Waals surface area contributed by atoms with Crippen LogP contribution in [0.15, 0.2) is 60.8 Å². The molecule has 126 valence electrons. The number of aromatic nitrogens is 1. The Morgan fingerprint density at radius 1 is 0.960 bits per heavy atom. The van der Waals surface area contributed by atoms with Crippen LogP contribution in [0, 0.1) is 0 Å². The fraction of sp³-hybridized carbons (Fsp3) is 0.105. The Morgan fingerprint density at radius 2 is 1.76 bits per heavy atom. The number of carbonyl (C=O) groups is 2. The maximum absolute atomic E-state index is 12.1. The third-order valence-corrected chi connectivity index (χ3v) is 4.03. The summed E-state index contributed by atoms with van der Waals surface area (Å²) in [5, 5.41) is 6.93. The van der Waals surface area contributed by atoms with E-state index in [9.17, 15) is 9.59 Å². The average molecular weight is 354 g/mol. The molecule has 0 aliphatic rings. The first-order chi connectivity index (χ1) is 12.1. The molecule has 1 heterocycles. The van der Waals surface area contributed by atoms with Gasteiger partial charge in [-0.25, -0.2) is 0 Å². The molecule has 0 spiro atoms. The van der Waals surface area contributed by atoms with Gasteiger partial charge in [0.2, 0.25) is 11.8 Å². The minimum Gasteiger partial charge on any atom is -0.352 e. The summed E-state index contributed by atoms with van der Waals surface area (Å²) in [5.41, 5.74) is 2.08. The highest BCUT2D eigenvalue weighted by Gasteiger charge is 2.12. The lowest BCUT2D eigenvalue weighted by Gasteiger charge is -2.09. The molecular weight excluding hydrogens is 338 g/mol. The lowest BCUT2D eigenvalue weighted by molar-refractivity contribution is -0.126. The summed E-state index contributed by atoms with van der Waals surface area (Å²) < 4.78 is 0. The van der Waals surface area contributed by atoms with Gasteiger partial charge in [0.05, 0.1) is 11.2 Å². The van der Waals surface area contributed by atoms with Crippen molar-refractivity contribution in [1.29, 1.82) is 0 Å². The van der Waals surface area contributed by atoms with Crippen LogP contribution in [-0.4, -0.2) is 16.8 Å². The van der Waals surface area contributed by atoms with Gasteiger partial charge in [0.25, 0.3) is 0 Å². The van der Waals surface area contributed by atoms with Gasteiger partial charge in [0, 0.05) is 23.2 Å². The lowest BCUT2D eigenvalue weighted by atomic mass is 10.2. The van der Waals surface area contributed by atoms with E-state index >= 15 is 0 Å². The van der Waals surface area contributed by atoms with Crippen LogP contribution in [0.3, 0.4) is 0 Å². The standard InChI is InChI=1S/C19H16ClN3O2/c20-15-8-2-1-5-14(15)12-22-17(24)11-18(25)23-16-9-3-6-13-7-4-10-21-19(13)16/h1-10H,11-12H2,(H,22,24)(H,23,25). The highest BCUT2D eigenvalue weighted by molar-refractivity contribution is 6.31. The van der Waals surface area contributed by atoms with Crippen molar-refractivity contribution < 1.29 is 9.59 Å². The Bertz CT molecular complexity index is 922. The van der Waals surface area contributed by atoms with Gasteiger partial charge < -0.3 is 10.6 Å². The summed E-state index contributed by atoms with van der Waals surface area (Å²) in [6.07, 6.45) is 1.39. The highest BCUT2D eigenvalue weighted by Crippen LogP contribution is 2.20. The number of hydrogen-bond acceptors (Lipinski definition) is 3. The zero-order valence-electron chi connectivity index (χ0n) is 13.3. The number of pyridine rings is 1. The zero-order chi connectivity index (χ0) is 17.6. The number of nitrogens with one attached hydrogen (secondary N) is 2. The zero-order valence-corrected chi connectivity index (χ0v) is 14.1. The van der Waals surface area contributed by atoms with Gasteiger partial charge in [0.15, 0.2) is 0 Å². The second-order valence-corrected chi connectivity index (χ2v) is 5.88. The van der Waals surface area contributed by atoms with Crippen molar-refractivity contribution in [2.24, 2.45) is 0 Å². The summed E-state index contributed by atoms with van der Waals surface area (Å²) in [5.74, 6) is -0.763. The van der Waals surface area contributed by atoms with E-state index in [-0.39, 0.29) is 18.9 Å². The van der Waals surface area contributed by atoms with Crippen LogP contribution in [0.25, 0.3) is 10.9 Å². The van der Waals surface area contributed by atoms with Crippen molar-refractivity contribution in [1.82, 2.24) is 10.3 Å². The molecule has 1 aromatic heterocycles. The van der Waals surface area contributed by atoms with Gasteiger partial charge in [-0.15, -0.1) is 0 Å². The van der Waals surface area contributed by atoms with Gasteiger partial charge in [0.1, 0.15) is 6.42 Å². The molecule has 2 amide bonds. The number of amides is 2. The Morgan fingerprint density at radius 3 is 2.60 bits per heavy atom. The Labute approximate surface area is 150 Å². The van der Waals surface area contributed by atoms with Crippen LogP contribution >= 0.6 is 11.6 Å². The van der Waals surface area contributed by atoms with E-state index in [1.54, 1.807) is 18.3 Å². The van der Waals surface area contributed by atoms with E-state index in [2.05, 4.69) is 15.6 Å². The first-order valence-corrected chi connectivity index (χ1v) is 8.15. The summed E-state index contributed by atoms with van der Waals surface area (Å²) >= 11 is 6.04. The number of benzene rings is 2. The molecule has 5 nitrogen and oxygen atoms in total. The molecule has 0 saturated carbocycles. The van der Waals surface area contributed by atoms with Gasteiger partial charge >= 0.3 is 0 Å². The van der Waals surface area contributed by atoms with E-state index in [4.69, 9.17) is 11.6 Å². The summed E-state index contributed by atoms with van der Waals surface area (Å²) in [4.78, 5) is 28.3. The molecule has 0 saturated heterocycles. The van der Waals surface area contributed by atoms with Crippen molar-refractivity contribution in [2.45, 2.75) is 13.0 Å². The van der Waals surface area contributed by atoms with Crippen LogP contribution in [0.2, 0.25) is 5.02 Å². The van der Waals surface area contributed by atoms with Crippen molar-refractivity contribution in [2.75, 3.05) is 5.32 Å².